The topological polar surface area (TPSA) is 93.4 Å². The number of rotatable bonds is 6. The van der Waals surface area contributed by atoms with Gasteiger partial charge in [-0.15, -0.1) is 0 Å². The molecule has 0 atom stereocenters. The highest BCUT2D eigenvalue weighted by Crippen LogP contribution is 2.44. The third-order valence-corrected chi connectivity index (χ3v) is 15.7. The minimum absolute atomic E-state index is 0.147. The Hall–Kier alpha value is -0.163. The summed E-state index contributed by atoms with van der Waals surface area (Å²) in [7, 11) is -12.3. The summed E-state index contributed by atoms with van der Waals surface area (Å²) in [6.45, 7) is 12.6. The monoisotopic (exact) mass is 445 g/mol. The van der Waals surface area contributed by atoms with Crippen LogP contribution in [-0.4, -0.2) is 33.9 Å². The van der Waals surface area contributed by atoms with Crippen molar-refractivity contribution in [3.63, 3.8) is 0 Å². The molecule has 0 aliphatic carbocycles. The first-order valence-electron chi connectivity index (χ1n) is 7.31. The van der Waals surface area contributed by atoms with E-state index < -0.39 is 31.2 Å². The molecule has 10 heteroatoms. The van der Waals surface area contributed by atoms with Crippen molar-refractivity contribution in [1.82, 2.24) is 4.23 Å². The van der Waals surface area contributed by atoms with Crippen molar-refractivity contribution >= 4 is 42.2 Å². The van der Waals surface area contributed by atoms with Crippen LogP contribution < -0.4 is 0 Å². The highest BCUT2D eigenvalue weighted by atomic mass is 79.9. The smallest absolute Gasteiger partial charge is 0.377 e. The summed E-state index contributed by atoms with van der Waals surface area (Å²) in [6, 6.07) is 0. The van der Waals surface area contributed by atoms with Crippen LogP contribution in [0, 0.1) is 0 Å². The predicted octanol–water partition coefficient (Wildman–Crippen LogP) is 3.85. The van der Waals surface area contributed by atoms with E-state index in [-0.39, 0.29) is 4.47 Å². The molecule has 0 spiro atoms. The Bertz CT molecular complexity index is 760. The van der Waals surface area contributed by atoms with Crippen molar-refractivity contribution in [2.75, 3.05) is 0 Å². The van der Waals surface area contributed by atoms with Crippen LogP contribution >= 0.6 is 15.9 Å². The van der Waals surface area contributed by atoms with Crippen LogP contribution in [0.4, 0.5) is 0 Å². The van der Waals surface area contributed by atoms with Gasteiger partial charge in [0.05, 0.1) is 4.47 Å². The van der Waals surface area contributed by atoms with Crippen LogP contribution in [0.5, 0.6) is 0 Å². The molecule has 0 bridgehead atoms. The second-order valence-electron chi connectivity index (χ2n) is 6.61. The molecule has 0 amide bonds. The van der Waals surface area contributed by atoms with Gasteiger partial charge in [-0.3, -0.25) is 4.55 Å². The Balaban J connectivity index is 3.74. The lowest BCUT2D eigenvalue weighted by Crippen LogP contribution is -2.51. The molecule has 1 heterocycles. The summed E-state index contributed by atoms with van der Waals surface area (Å²) < 4.78 is 57.6. The van der Waals surface area contributed by atoms with Gasteiger partial charge in [-0.05, 0) is 32.6 Å². The summed E-state index contributed by atoms with van der Waals surface area (Å²) in [5, 5.41) is 0. The van der Waals surface area contributed by atoms with Crippen LogP contribution in [0.1, 0.15) is 41.5 Å². The van der Waals surface area contributed by atoms with Crippen LogP contribution in [0.3, 0.4) is 0 Å². The lowest BCUT2D eigenvalue weighted by molar-refractivity contribution is 0.493. The molecule has 0 aromatic carbocycles. The number of aromatic nitrogens is 1. The molecule has 0 saturated heterocycles. The Morgan fingerprint density at radius 3 is 1.65 bits per heavy atom. The standard InChI is InChI=1S/C13H24BrNO5S2Si/c1-9(2)23(10(3)4,11(5)6)15-7-12(14)13(8-15)21(16,17)22(18,19)20/h7-11H,1-6H3,(H,18,19,20). The Labute approximate surface area is 147 Å². The summed E-state index contributed by atoms with van der Waals surface area (Å²) >= 11 is 3.13. The zero-order valence-electron chi connectivity index (χ0n) is 14.1. The van der Waals surface area contributed by atoms with Crippen LogP contribution in [0.25, 0.3) is 0 Å². The Kier molecular flexibility index (Phi) is 6.01. The van der Waals surface area contributed by atoms with Gasteiger partial charge in [0.2, 0.25) is 0 Å². The van der Waals surface area contributed by atoms with Gasteiger partial charge >= 0.3 is 18.0 Å². The van der Waals surface area contributed by atoms with Gasteiger partial charge in [-0.25, -0.2) is 8.42 Å². The molecule has 6 nitrogen and oxygen atoms in total. The molecule has 1 aromatic rings. The number of hydrogen-bond donors (Lipinski definition) is 1. The van der Waals surface area contributed by atoms with Gasteiger partial charge in [-0.2, -0.15) is 8.42 Å². The van der Waals surface area contributed by atoms with Crippen molar-refractivity contribution in [2.45, 2.75) is 63.1 Å². The minimum atomic E-state index is -5.23. The van der Waals surface area contributed by atoms with Gasteiger partial charge in [0, 0.05) is 12.4 Å². The zero-order valence-corrected chi connectivity index (χ0v) is 18.3. The minimum Gasteiger partial charge on any atom is -0.377 e. The Morgan fingerprint density at radius 2 is 1.35 bits per heavy atom. The maximum atomic E-state index is 12.1. The fourth-order valence-corrected chi connectivity index (χ4v) is 13.7. The second-order valence-corrected chi connectivity index (χ2v) is 18.0. The summed E-state index contributed by atoms with van der Waals surface area (Å²) in [6.07, 6.45) is 2.98. The van der Waals surface area contributed by atoms with Gasteiger partial charge in [0.1, 0.15) is 4.90 Å². The van der Waals surface area contributed by atoms with Crippen LogP contribution in [0.15, 0.2) is 21.8 Å². The fraction of sp³-hybridized carbons (Fsp3) is 0.692. The molecular formula is C13H24BrNO5S2Si. The van der Waals surface area contributed by atoms with E-state index in [9.17, 15) is 16.8 Å². The van der Waals surface area contributed by atoms with E-state index in [4.69, 9.17) is 4.55 Å². The van der Waals surface area contributed by atoms with Crippen molar-refractivity contribution in [3.8, 4) is 0 Å². The first-order valence-corrected chi connectivity index (χ1v) is 13.7. The number of nitrogens with zero attached hydrogens (tertiary/aromatic N) is 1. The summed E-state index contributed by atoms with van der Waals surface area (Å²) in [5.41, 5.74) is 0.925. The van der Waals surface area contributed by atoms with E-state index >= 15 is 0 Å². The number of hydrogen-bond acceptors (Lipinski definition) is 4. The lowest BCUT2D eigenvalue weighted by Gasteiger charge is -2.44. The van der Waals surface area contributed by atoms with Gasteiger partial charge in [0.15, 0.2) is 8.24 Å². The molecule has 0 unspecified atom stereocenters. The highest BCUT2D eigenvalue weighted by molar-refractivity contribution is 9.10. The molecule has 0 aliphatic heterocycles. The lowest BCUT2D eigenvalue weighted by atomic mass is 10.5. The largest absolute Gasteiger partial charge is 0.377 e. The second kappa shape index (κ2) is 6.62. The average Bonchev–Trinajstić information content (AvgIpc) is 2.69. The SMILES string of the molecule is CC(C)[Si](C(C)C)(C(C)C)n1cc(Br)c(S(=O)(=O)S(=O)(=O)O)c1. The number of halogens is 1. The molecule has 0 radical (unpaired) electrons. The molecule has 23 heavy (non-hydrogen) atoms. The van der Waals surface area contributed by atoms with E-state index in [1.165, 1.54) is 6.20 Å². The summed E-state index contributed by atoms with van der Waals surface area (Å²) in [5.74, 6) is 0. The molecule has 1 aromatic heterocycles. The van der Waals surface area contributed by atoms with Crippen LogP contribution in [-0.2, 0) is 18.0 Å². The Morgan fingerprint density at radius 1 is 0.957 bits per heavy atom. The van der Waals surface area contributed by atoms with Crippen molar-refractivity contribution in [1.29, 1.82) is 0 Å². The van der Waals surface area contributed by atoms with E-state index in [0.29, 0.717) is 16.6 Å². The van der Waals surface area contributed by atoms with E-state index in [1.807, 2.05) is 4.23 Å². The fourth-order valence-electron chi connectivity index (χ4n) is 3.83. The quantitative estimate of drug-likeness (QED) is 0.407. The third kappa shape index (κ3) is 3.32. The summed E-state index contributed by atoms with van der Waals surface area (Å²) in [4.78, 5) is -0.418. The van der Waals surface area contributed by atoms with Gasteiger partial charge in [0.25, 0.3) is 0 Å². The van der Waals surface area contributed by atoms with Gasteiger partial charge in [-0.1, -0.05) is 41.5 Å². The maximum absolute atomic E-state index is 12.1. The van der Waals surface area contributed by atoms with E-state index in [1.54, 1.807) is 6.20 Å². The average molecular weight is 446 g/mol. The molecular weight excluding hydrogens is 422 g/mol. The van der Waals surface area contributed by atoms with Crippen molar-refractivity contribution < 1.29 is 21.4 Å². The molecule has 1 rings (SSSR count). The highest BCUT2D eigenvalue weighted by Gasteiger charge is 2.46. The van der Waals surface area contributed by atoms with E-state index in [2.05, 4.69) is 57.5 Å². The van der Waals surface area contributed by atoms with Crippen LogP contribution in [0.2, 0.25) is 16.6 Å². The molecule has 1 N–H and O–H groups in total. The molecule has 0 saturated carbocycles. The first-order chi connectivity index (χ1) is 10.2. The van der Waals surface area contributed by atoms with E-state index in [0.717, 1.165) is 0 Å². The molecule has 134 valence electrons. The maximum Gasteiger partial charge on any atom is 0.377 e. The van der Waals surface area contributed by atoms with Crippen molar-refractivity contribution in [2.24, 2.45) is 0 Å². The predicted molar refractivity (Wildman–Crippen MR) is 97.3 cm³/mol. The van der Waals surface area contributed by atoms with Gasteiger partial charge < -0.3 is 4.23 Å². The third-order valence-electron chi connectivity index (χ3n) is 4.51. The normalized spacial score (nSPS) is 14.2. The molecule has 0 fully saturated rings. The first kappa shape index (κ1) is 20.9. The van der Waals surface area contributed by atoms with Crippen molar-refractivity contribution in [3.05, 3.63) is 16.9 Å². The zero-order chi connectivity index (χ0) is 18.4. The molecule has 0 aliphatic rings.